The number of hydrogen-bond donors (Lipinski definition) is 0. The second-order valence-corrected chi connectivity index (χ2v) is 15.3. The molecule has 0 saturated carbocycles. The first-order chi connectivity index (χ1) is 21.2. The highest BCUT2D eigenvalue weighted by molar-refractivity contribution is 7.80. The summed E-state index contributed by atoms with van der Waals surface area (Å²) < 4.78 is 0. The average molecular weight is 593 g/mol. The maximum absolute atomic E-state index is 2.52. The number of benzene rings is 6. The van der Waals surface area contributed by atoms with E-state index in [-0.39, 0.29) is 0 Å². The van der Waals surface area contributed by atoms with Crippen molar-refractivity contribution < 1.29 is 0 Å². The molecular formula is C41H38P2. The summed E-state index contributed by atoms with van der Waals surface area (Å²) in [6.45, 7) is 4.51. The summed E-state index contributed by atoms with van der Waals surface area (Å²) in [5, 5.41) is 8.60. The molecule has 6 rings (SSSR count). The van der Waals surface area contributed by atoms with Crippen molar-refractivity contribution in [3.05, 3.63) is 180 Å². The zero-order valence-electron chi connectivity index (χ0n) is 25.0. The third kappa shape index (κ3) is 6.89. The maximum Gasteiger partial charge on any atom is -0.0116 e. The molecule has 0 bridgehead atoms. The van der Waals surface area contributed by atoms with Crippen LogP contribution in [0, 0.1) is 6.92 Å². The van der Waals surface area contributed by atoms with Gasteiger partial charge in [0.1, 0.15) is 0 Å². The van der Waals surface area contributed by atoms with Crippen LogP contribution in [0.5, 0.6) is 0 Å². The van der Waals surface area contributed by atoms with Crippen LogP contribution in [0.3, 0.4) is 0 Å². The summed E-state index contributed by atoms with van der Waals surface area (Å²) in [5.74, 6) is 0. The van der Waals surface area contributed by atoms with Crippen LogP contribution in [0.4, 0.5) is 0 Å². The maximum atomic E-state index is 2.52. The van der Waals surface area contributed by atoms with Crippen molar-refractivity contribution in [1.82, 2.24) is 0 Å². The molecule has 43 heavy (non-hydrogen) atoms. The van der Waals surface area contributed by atoms with Gasteiger partial charge in [0.15, 0.2) is 0 Å². The topological polar surface area (TPSA) is 0 Å². The Morgan fingerprint density at radius 1 is 0.419 bits per heavy atom. The van der Waals surface area contributed by atoms with Crippen molar-refractivity contribution in [3.8, 4) is 0 Å². The molecule has 6 aromatic carbocycles. The Hall–Kier alpha value is -3.82. The van der Waals surface area contributed by atoms with Gasteiger partial charge in [0.25, 0.3) is 0 Å². The summed E-state index contributed by atoms with van der Waals surface area (Å²) >= 11 is 0. The molecule has 0 aliphatic carbocycles. The third-order valence-corrected chi connectivity index (χ3v) is 13.0. The fourth-order valence-electron chi connectivity index (χ4n) is 5.81. The monoisotopic (exact) mass is 592 g/mol. The van der Waals surface area contributed by atoms with Crippen molar-refractivity contribution in [1.29, 1.82) is 0 Å². The van der Waals surface area contributed by atoms with Crippen LogP contribution in [0.25, 0.3) is 0 Å². The van der Waals surface area contributed by atoms with E-state index in [4.69, 9.17) is 0 Å². The fourth-order valence-corrected chi connectivity index (χ4v) is 11.0. The minimum Gasteiger partial charge on any atom is -0.0622 e. The molecule has 0 spiro atoms. The Morgan fingerprint density at radius 2 is 0.837 bits per heavy atom. The Balaban J connectivity index is 1.37. The van der Waals surface area contributed by atoms with Crippen LogP contribution in [-0.2, 0) is 19.3 Å². The van der Waals surface area contributed by atoms with Crippen molar-refractivity contribution in [3.63, 3.8) is 0 Å². The SMILES string of the molecule is CCc1ccc(CCc2ccc(C)cc2P(c2ccccc2)c2ccccc2)cc1P(c1ccccc1)c1ccccc1. The zero-order valence-corrected chi connectivity index (χ0v) is 26.8. The van der Waals surface area contributed by atoms with Gasteiger partial charge in [-0.25, -0.2) is 0 Å². The van der Waals surface area contributed by atoms with Gasteiger partial charge in [-0.05, 0) is 90.5 Å². The van der Waals surface area contributed by atoms with Crippen molar-refractivity contribution in [2.45, 2.75) is 33.1 Å². The van der Waals surface area contributed by atoms with Gasteiger partial charge in [0, 0.05) is 0 Å². The van der Waals surface area contributed by atoms with Crippen LogP contribution in [0.2, 0.25) is 0 Å². The molecule has 0 radical (unpaired) electrons. The lowest BCUT2D eigenvalue weighted by molar-refractivity contribution is 0.965. The summed E-state index contributed by atoms with van der Waals surface area (Å²) in [5.41, 5.74) is 5.65. The standard InChI is InChI=1S/C41H38P2/c1-3-34-28-25-33(31-41(34)43(38-20-12-6-13-21-38)39-22-14-7-15-23-39)26-29-35-27-24-32(2)30-40(35)42(36-16-8-4-9-17-36)37-18-10-5-11-19-37/h4-25,27-28,30-31H,3,26,29H2,1-2H3. The Labute approximate surface area is 260 Å². The van der Waals surface area contributed by atoms with Gasteiger partial charge in [-0.1, -0.05) is 170 Å². The van der Waals surface area contributed by atoms with Crippen molar-refractivity contribution >= 4 is 47.7 Å². The van der Waals surface area contributed by atoms with E-state index >= 15 is 0 Å². The van der Waals surface area contributed by atoms with Crippen molar-refractivity contribution in [2.75, 3.05) is 0 Å². The number of rotatable bonds is 10. The Bertz CT molecular complexity index is 1670. The molecule has 0 fully saturated rings. The second-order valence-electron chi connectivity index (χ2n) is 11.0. The van der Waals surface area contributed by atoms with E-state index in [9.17, 15) is 0 Å². The van der Waals surface area contributed by atoms with E-state index in [1.807, 2.05) is 0 Å². The molecule has 0 saturated heterocycles. The summed E-state index contributed by atoms with van der Waals surface area (Å²) in [6, 6.07) is 58.7. The molecule has 0 atom stereocenters. The molecule has 6 aromatic rings. The van der Waals surface area contributed by atoms with E-state index in [0.717, 1.165) is 19.3 Å². The molecule has 0 unspecified atom stereocenters. The molecule has 0 amide bonds. The Kier molecular flexibility index (Phi) is 9.60. The largest absolute Gasteiger partial charge is 0.0622 e. The van der Waals surface area contributed by atoms with Gasteiger partial charge in [0.05, 0.1) is 0 Å². The smallest absolute Gasteiger partial charge is 0.0116 e. The van der Waals surface area contributed by atoms with E-state index in [0.29, 0.717) is 0 Å². The second kappa shape index (κ2) is 14.1. The first-order valence-electron chi connectivity index (χ1n) is 15.2. The number of hydrogen-bond acceptors (Lipinski definition) is 0. The molecule has 2 heteroatoms. The van der Waals surface area contributed by atoms with Crippen molar-refractivity contribution in [2.24, 2.45) is 0 Å². The Morgan fingerprint density at radius 3 is 1.28 bits per heavy atom. The molecule has 0 N–H and O–H groups in total. The third-order valence-electron chi connectivity index (χ3n) is 7.99. The molecule has 212 valence electrons. The first-order valence-corrected chi connectivity index (χ1v) is 17.9. The van der Waals surface area contributed by atoms with Crippen LogP contribution >= 0.6 is 15.8 Å². The molecule has 0 heterocycles. The highest BCUT2D eigenvalue weighted by Crippen LogP contribution is 2.36. The minimum atomic E-state index is -0.645. The molecule has 0 aliphatic rings. The van der Waals surface area contributed by atoms with Crippen LogP contribution < -0.4 is 31.8 Å². The lowest BCUT2D eigenvalue weighted by atomic mass is 10.0. The van der Waals surface area contributed by atoms with E-state index in [1.54, 1.807) is 0 Å². The lowest BCUT2D eigenvalue weighted by Crippen LogP contribution is -2.24. The predicted molar refractivity (Wildman–Crippen MR) is 192 cm³/mol. The van der Waals surface area contributed by atoms with Gasteiger partial charge in [-0.2, -0.15) is 0 Å². The van der Waals surface area contributed by atoms with Gasteiger partial charge in [-0.15, -0.1) is 0 Å². The normalized spacial score (nSPS) is 11.3. The van der Waals surface area contributed by atoms with Crippen LogP contribution in [-0.4, -0.2) is 0 Å². The van der Waals surface area contributed by atoms with Gasteiger partial charge in [-0.3, -0.25) is 0 Å². The lowest BCUT2D eigenvalue weighted by Gasteiger charge is -2.24. The van der Waals surface area contributed by atoms with Gasteiger partial charge < -0.3 is 0 Å². The molecule has 0 aromatic heterocycles. The summed E-state index contributed by atoms with van der Waals surface area (Å²) in [4.78, 5) is 0. The van der Waals surface area contributed by atoms with Crippen LogP contribution in [0.15, 0.2) is 158 Å². The summed E-state index contributed by atoms with van der Waals surface area (Å²) in [6.07, 6.45) is 3.08. The zero-order chi connectivity index (χ0) is 29.4. The first kappa shape index (κ1) is 29.3. The van der Waals surface area contributed by atoms with Gasteiger partial charge in [0.2, 0.25) is 0 Å². The summed E-state index contributed by atoms with van der Waals surface area (Å²) in [7, 11) is -1.28. The molecule has 0 nitrogen and oxygen atoms in total. The fraction of sp³-hybridized carbons (Fsp3) is 0.122. The van der Waals surface area contributed by atoms with E-state index < -0.39 is 15.8 Å². The average Bonchev–Trinajstić information content (AvgIpc) is 3.07. The van der Waals surface area contributed by atoms with E-state index in [1.165, 1.54) is 54.1 Å². The highest BCUT2D eigenvalue weighted by atomic mass is 31.1. The van der Waals surface area contributed by atoms with E-state index in [2.05, 4.69) is 172 Å². The van der Waals surface area contributed by atoms with Gasteiger partial charge >= 0.3 is 0 Å². The number of aryl methyl sites for hydroxylation is 4. The minimum absolute atomic E-state index is 0.632. The van der Waals surface area contributed by atoms with Crippen LogP contribution in [0.1, 0.15) is 29.2 Å². The molecule has 0 aliphatic heterocycles. The highest BCUT2D eigenvalue weighted by Gasteiger charge is 2.21. The quantitative estimate of drug-likeness (QED) is 0.142. The predicted octanol–water partition coefficient (Wildman–Crippen LogP) is 7.86. The molecular weight excluding hydrogens is 554 g/mol.